The van der Waals surface area contributed by atoms with Gasteiger partial charge in [-0.3, -0.25) is 0 Å². The maximum absolute atomic E-state index is 5.73. The molecule has 1 aliphatic rings. The third-order valence-electron chi connectivity index (χ3n) is 2.87. The van der Waals surface area contributed by atoms with Crippen molar-refractivity contribution in [3.63, 3.8) is 0 Å². The summed E-state index contributed by atoms with van der Waals surface area (Å²) in [5.41, 5.74) is 7.97. The van der Waals surface area contributed by atoms with E-state index in [1.54, 1.807) is 0 Å². The lowest BCUT2D eigenvalue weighted by Crippen LogP contribution is -2.21. The molecule has 0 saturated carbocycles. The van der Waals surface area contributed by atoms with Crippen molar-refractivity contribution in [1.82, 2.24) is 4.90 Å². The van der Waals surface area contributed by atoms with Crippen molar-refractivity contribution in [2.75, 3.05) is 25.4 Å². The highest BCUT2D eigenvalue weighted by molar-refractivity contribution is 5.85. The number of hydrogen-bond acceptors (Lipinski definition) is 2. The van der Waals surface area contributed by atoms with E-state index in [1.165, 1.54) is 38.0 Å². The van der Waals surface area contributed by atoms with Gasteiger partial charge >= 0.3 is 0 Å². The van der Waals surface area contributed by atoms with Crippen LogP contribution in [0.15, 0.2) is 24.3 Å². The molecule has 0 spiro atoms. The van der Waals surface area contributed by atoms with Crippen LogP contribution in [0, 0.1) is 0 Å². The van der Waals surface area contributed by atoms with Crippen LogP contribution in [0.1, 0.15) is 18.4 Å². The average Bonchev–Trinajstić information content (AvgIpc) is 2.67. The van der Waals surface area contributed by atoms with E-state index in [1.807, 2.05) is 12.1 Å². The molecule has 2 nitrogen and oxygen atoms in total. The molecule has 1 aromatic carbocycles. The lowest BCUT2D eigenvalue weighted by Gasteiger charge is -2.14. The zero-order valence-electron chi connectivity index (χ0n) is 9.39. The number of nitrogen functional groups attached to an aromatic ring is 1. The second kappa shape index (κ2) is 7.77. The normalized spacial score (nSPS) is 15.2. The summed E-state index contributed by atoms with van der Waals surface area (Å²) in [5, 5.41) is 0. The molecule has 4 heteroatoms. The molecule has 0 aliphatic carbocycles. The number of nitrogens with two attached hydrogens (primary N) is 1. The summed E-state index contributed by atoms with van der Waals surface area (Å²) in [5.74, 6) is 0. The third kappa shape index (κ3) is 4.60. The smallest absolute Gasteiger partial charge is 0.0316 e. The predicted octanol–water partition coefficient (Wildman–Crippen LogP) is 2.75. The highest BCUT2D eigenvalue weighted by atomic mass is 35.5. The molecule has 0 unspecified atom stereocenters. The molecule has 16 heavy (non-hydrogen) atoms. The van der Waals surface area contributed by atoms with Gasteiger partial charge in [-0.05, 0) is 50.0 Å². The lowest BCUT2D eigenvalue weighted by atomic mass is 10.1. The first-order chi connectivity index (χ1) is 6.84. The van der Waals surface area contributed by atoms with Crippen LogP contribution < -0.4 is 5.73 Å². The number of benzene rings is 1. The van der Waals surface area contributed by atoms with Crippen molar-refractivity contribution in [3.8, 4) is 0 Å². The summed E-state index contributed by atoms with van der Waals surface area (Å²) < 4.78 is 0. The summed E-state index contributed by atoms with van der Waals surface area (Å²) in [6, 6.07) is 8.22. The topological polar surface area (TPSA) is 29.3 Å². The Balaban J connectivity index is 0.00000112. The number of nitrogens with zero attached hydrogens (tertiary/aromatic N) is 1. The van der Waals surface area contributed by atoms with Crippen molar-refractivity contribution in [2.45, 2.75) is 19.3 Å². The summed E-state index contributed by atoms with van der Waals surface area (Å²) in [6.45, 7) is 3.74. The van der Waals surface area contributed by atoms with Gasteiger partial charge in [0.05, 0.1) is 0 Å². The van der Waals surface area contributed by atoms with Crippen LogP contribution in [0.5, 0.6) is 0 Å². The van der Waals surface area contributed by atoms with E-state index in [2.05, 4.69) is 17.0 Å². The number of halogens is 2. The van der Waals surface area contributed by atoms with E-state index in [-0.39, 0.29) is 24.8 Å². The van der Waals surface area contributed by atoms with E-state index in [0.717, 1.165) is 12.1 Å². The summed E-state index contributed by atoms with van der Waals surface area (Å²) in [7, 11) is 0. The van der Waals surface area contributed by atoms with Crippen LogP contribution in [0.2, 0.25) is 0 Å². The summed E-state index contributed by atoms with van der Waals surface area (Å²) in [6.07, 6.45) is 3.87. The quantitative estimate of drug-likeness (QED) is 0.850. The first-order valence-electron chi connectivity index (χ1n) is 5.41. The molecule has 0 aromatic heterocycles. The maximum atomic E-state index is 5.73. The Morgan fingerprint density at radius 2 is 1.81 bits per heavy atom. The minimum Gasteiger partial charge on any atom is -0.399 e. The van der Waals surface area contributed by atoms with Gasteiger partial charge in [0.1, 0.15) is 0 Å². The van der Waals surface area contributed by atoms with Crippen molar-refractivity contribution in [1.29, 1.82) is 0 Å². The molecule has 0 atom stereocenters. The fraction of sp³-hybridized carbons (Fsp3) is 0.500. The number of rotatable bonds is 3. The number of likely N-dealkylation sites (tertiary alicyclic amines) is 1. The van der Waals surface area contributed by atoms with E-state index < -0.39 is 0 Å². The van der Waals surface area contributed by atoms with Crippen LogP contribution >= 0.6 is 24.8 Å². The van der Waals surface area contributed by atoms with Crippen molar-refractivity contribution >= 4 is 30.5 Å². The Morgan fingerprint density at radius 1 is 1.12 bits per heavy atom. The highest BCUT2D eigenvalue weighted by Crippen LogP contribution is 2.11. The van der Waals surface area contributed by atoms with Gasteiger partial charge in [0.2, 0.25) is 0 Å². The van der Waals surface area contributed by atoms with Gasteiger partial charge in [0.25, 0.3) is 0 Å². The van der Waals surface area contributed by atoms with Gasteiger partial charge in [0, 0.05) is 12.2 Å². The Morgan fingerprint density at radius 3 is 2.44 bits per heavy atom. The molecule has 0 bridgehead atoms. The molecule has 1 heterocycles. The van der Waals surface area contributed by atoms with E-state index in [0.29, 0.717) is 0 Å². The third-order valence-corrected chi connectivity index (χ3v) is 2.87. The highest BCUT2D eigenvalue weighted by Gasteiger charge is 2.10. The molecule has 0 radical (unpaired) electrons. The SMILES string of the molecule is Cl.Cl.Nc1cccc(CCN2CCCC2)c1. The van der Waals surface area contributed by atoms with E-state index >= 15 is 0 Å². The van der Waals surface area contributed by atoms with Gasteiger partial charge in [0.15, 0.2) is 0 Å². The van der Waals surface area contributed by atoms with Gasteiger partial charge in [-0.2, -0.15) is 0 Å². The standard InChI is InChI=1S/C12H18N2.2ClH/c13-12-5-3-4-11(10-12)6-9-14-7-1-2-8-14;;/h3-5,10H,1-2,6-9,13H2;2*1H. The number of hydrogen-bond donors (Lipinski definition) is 1. The largest absolute Gasteiger partial charge is 0.399 e. The Kier molecular flexibility index (Phi) is 7.56. The molecular weight excluding hydrogens is 243 g/mol. The van der Waals surface area contributed by atoms with Gasteiger partial charge < -0.3 is 10.6 Å². The fourth-order valence-electron chi connectivity index (χ4n) is 2.04. The van der Waals surface area contributed by atoms with Crippen molar-refractivity contribution in [2.24, 2.45) is 0 Å². The minimum absolute atomic E-state index is 0. The molecule has 1 aromatic rings. The summed E-state index contributed by atoms with van der Waals surface area (Å²) in [4.78, 5) is 2.53. The number of anilines is 1. The predicted molar refractivity (Wildman–Crippen MR) is 74.7 cm³/mol. The van der Waals surface area contributed by atoms with Crippen molar-refractivity contribution < 1.29 is 0 Å². The second-order valence-corrected chi connectivity index (χ2v) is 4.04. The first kappa shape index (κ1) is 15.6. The van der Waals surface area contributed by atoms with Crippen LogP contribution in [0.4, 0.5) is 5.69 Å². The molecule has 2 rings (SSSR count). The van der Waals surface area contributed by atoms with E-state index in [9.17, 15) is 0 Å². The zero-order valence-corrected chi connectivity index (χ0v) is 11.0. The van der Waals surface area contributed by atoms with Crippen molar-refractivity contribution in [3.05, 3.63) is 29.8 Å². The van der Waals surface area contributed by atoms with Crippen LogP contribution in [-0.2, 0) is 6.42 Å². The maximum Gasteiger partial charge on any atom is 0.0316 e. The molecule has 92 valence electrons. The molecule has 0 amide bonds. The van der Waals surface area contributed by atoms with Crippen LogP contribution in [0.25, 0.3) is 0 Å². The first-order valence-corrected chi connectivity index (χ1v) is 5.41. The van der Waals surface area contributed by atoms with Gasteiger partial charge in [-0.15, -0.1) is 24.8 Å². The van der Waals surface area contributed by atoms with Gasteiger partial charge in [-0.1, -0.05) is 12.1 Å². The van der Waals surface area contributed by atoms with Gasteiger partial charge in [-0.25, -0.2) is 0 Å². The zero-order chi connectivity index (χ0) is 9.80. The van der Waals surface area contributed by atoms with Crippen LogP contribution in [-0.4, -0.2) is 24.5 Å². The lowest BCUT2D eigenvalue weighted by molar-refractivity contribution is 0.343. The minimum atomic E-state index is 0. The second-order valence-electron chi connectivity index (χ2n) is 4.04. The molecule has 2 N–H and O–H groups in total. The van der Waals surface area contributed by atoms with Crippen LogP contribution in [0.3, 0.4) is 0 Å². The summed E-state index contributed by atoms with van der Waals surface area (Å²) >= 11 is 0. The molecular formula is C12H20Cl2N2. The average molecular weight is 263 g/mol. The fourth-order valence-corrected chi connectivity index (χ4v) is 2.04. The molecule has 1 fully saturated rings. The molecule has 1 saturated heterocycles. The Labute approximate surface area is 110 Å². The van der Waals surface area contributed by atoms with E-state index in [4.69, 9.17) is 5.73 Å². The monoisotopic (exact) mass is 262 g/mol. The Bertz CT molecular complexity index is 299. The molecule has 1 aliphatic heterocycles. The Hall–Kier alpha value is -0.440.